The van der Waals surface area contributed by atoms with E-state index in [0.717, 1.165) is 22.9 Å². The molecule has 0 spiro atoms. The van der Waals surface area contributed by atoms with E-state index in [2.05, 4.69) is 10.4 Å². The van der Waals surface area contributed by atoms with Gasteiger partial charge in [0.25, 0.3) is 5.56 Å². The Morgan fingerprint density at radius 1 is 1.24 bits per heavy atom. The first-order valence-electron chi connectivity index (χ1n) is 7.35. The Hall–Kier alpha value is -3.29. The molecule has 6 nitrogen and oxygen atoms in total. The average molecular weight is 345 g/mol. The highest BCUT2D eigenvalue weighted by molar-refractivity contribution is 5.93. The second-order valence-electron chi connectivity index (χ2n) is 5.27. The number of hydrogen-bond donors (Lipinski definition) is 1. The molecule has 2 aromatic heterocycles. The third-order valence-electron chi connectivity index (χ3n) is 3.53. The third-order valence-corrected chi connectivity index (χ3v) is 3.53. The van der Waals surface area contributed by atoms with Crippen molar-refractivity contribution in [2.45, 2.75) is 13.0 Å². The molecule has 25 heavy (non-hydrogen) atoms. The molecule has 0 unspecified atom stereocenters. The molecule has 0 bridgehead atoms. The van der Waals surface area contributed by atoms with E-state index in [-0.39, 0.29) is 5.69 Å². The first-order chi connectivity index (χ1) is 12.0. The van der Waals surface area contributed by atoms with Crippen molar-refractivity contribution >= 4 is 11.6 Å². The second-order valence-corrected chi connectivity index (χ2v) is 5.27. The van der Waals surface area contributed by atoms with Gasteiger partial charge in [-0.05, 0) is 37.3 Å². The van der Waals surface area contributed by atoms with E-state index in [1.165, 1.54) is 25.3 Å². The van der Waals surface area contributed by atoms with Crippen LogP contribution in [-0.2, 0) is 4.79 Å². The summed E-state index contributed by atoms with van der Waals surface area (Å²) in [5, 5.41) is 6.35. The van der Waals surface area contributed by atoms with E-state index in [1.807, 2.05) is 0 Å². The number of halogens is 2. The molecule has 1 atom stereocenters. The van der Waals surface area contributed by atoms with Gasteiger partial charge in [0.15, 0.2) is 5.76 Å². The monoisotopic (exact) mass is 345 g/mol. The molecule has 1 N–H and O–H groups in total. The zero-order valence-electron chi connectivity index (χ0n) is 13.1. The lowest BCUT2D eigenvalue weighted by molar-refractivity contribution is -0.119. The van der Waals surface area contributed by atoms with Gasteiger partial charge in [-0.15, -0.1) is 0 Å². The van der Waals surface area contributed by atoms with E-state index < -0.39 is 29.1 Å². The van der Waals surface area contributed by atoms with Crippen molar-refractivity contribution in [3.63, 3.8) is 0 Å². The second kappa shape index (κ2) is 6.68. The molecule has 128 valence electrons. The lowest BCUT2D eigenvalue weighted by Crippen LogP contribution is -2.33. The molecule has 1 aromatic carbocycles. The van der Waals surface area contributed by atoms with Gasteiger partial charge in [0.1, 0.15) is 23.4 Å². The van der Waals surface area contributed by atoms with Gasteiger partial charge >= 0.3 is 0 Å². The number of rotatable bonds is 4. The van der Waals surface area contributed by atoms with Crippen molar-refractivity contribution in [2.24, 2.45) is 0 Å². The van der Waals surface area contributed by atoms with Crippen LogP contribution in [0.25, 0.3) is 11.5 Å². The van der Waals surface area contributed by atoms with Crippen molar-refractivity contribution in [1.29, 1.82) is 0 Å². The minimum absolute atomic E-state index is 0.313. The molecule has 0 aliphatic carbocycles. The van der Waals surface area contributed by atoms with Crippen molar-refractivity contribution in [3.8, 4) is 11.5 Å². The Morgan fingerprint density at radius 2 is 2.04 bits per heavy atom. The first-order valence-corrected chi connectivity index (χ1v) is 7.35. The maximum atomic E-state index is 13.6. The van der Waals surface area contributed by atoms with Crippen LogP contribution >= 0.6 is 0 Å². The Labute approximate surface area is 140 Å². The fourth-order valence-corrected chi connectivity index (χ4v) is 2.20. The largest absolute Gasteiger partial charge is 0.463 e. The summed E-state index contributed by atoms with van der Waals surface area (Å²) in [5.74, 6) is -1.76. The van der Waals surface area contributed by atoms with Crippen LogP contribution < -0.4 is 10.9 Å². The minimum atomic E-state index is -1.05. The van der Waals surface area contributed by atoms with Gasteiger partial charge in [0, 0.05) is 12.1 Å². The number of nitrogens with zero attached hydrogens (tertiary/aromatic N) is 2. The predicted molar refractivity (Wildman–Crippen MR) is 85.9 cm³/mol. The maximum absolute atomic E-state index is 13.6. The molecule has 0 fully saturated rings. The van der Waals surface area contributed by atoms with Crippen LogP contribution in [0.3, 0.4) is 0 Å². The summed E-state index contributed by atoms with van der Waals surface area (Å²) < 4.78 is 33.0. The van der Waals surface area contributed by atoms with Crippen molar-refractivity contribution in [1.82, 2.24) is 9.78 Å². The van der Waals surface area contributed by atoms with Gasteiger partial charge in [-0.2, -0.15) is 5.10 Å². The van der Waals surface area contributed by atoms with Gasteiger partial charge in [-0.1, -0.05) is 0 Å². The molecule has 0 aliphatic heterocycles. The summed E-state index contributed by atoms with van der Waals surface area (Å²) in [7, 11) is 0. The summed E-state index contributed by atoms with van der Waals surface area (Å²) in [5.41, 5.74) is -0.467. The van der Waals surface area contributed by atoms with Gasteiger partial charge < -0.3 is 9.73 Å². The summed E-state index contributed by atoms with van der Waals surface area (Å²) in [6.45, 7) is 1.42. The van der Waals surface area contributed by atoms with Crippen molar-refractivity contribution in [3.05, 3.63) is 70.7 Å². The highest BCUT2D eigenvalue weighted by Crippen LogP contribution is 2.18. The predicted octanol–water partition coefficient (Wildman–Crippen LogP) is 2.98. The number of nitrogens with one attached hydrogen (secondary N) is 1. The Bertz CT molecular complexity index is 968. The zero-order chi connectivity index (χ0) is 18.0. The number of furan rings is 1. The number of carbonyl (C=O) groups is 1. The summed E-state index contributed by atoms with van der Waals surface area (Å²) in [4.78, 5) is 24.3. The lowest BCUT2D eigenvalue weighted by Gasteiger charge is -2.15. The van der Waals surface area contributed by atoms with Gasteiger partial charge in [0.05, 0.1) is 12.0 Å². The van der Waals surface area contributed by atoms with Crippen molar-refractivity contribution in [2.75, 3.05) is 5.32 Å². The van der Waals surface area contributed by atoms with Crippen LogP contribution in [0.4, 0.5) is 14.5 Å². The van der Waals surface area contributed by atoms with Crippen LogP contribution in [0.5, 0.6) is 0 Å². The van der Waals surface area contributed by atoms with Crippen LogP contribution in [0, 0.1) is 11.6 Å². The van der Waals surface area contributed by atoms with Crippen LogP contribution in [0.15, 0.2) is 57.9 Å². The molecular formula is C17H13F2N3O3. The van der Waals surface area contributed by atoms with Crippen LogP contribution in [0.2, 0.25) is 0 Å². The van der Waals surface area contributed by atoms with Gasteiger partial charge in [0.2, 0.25) is 5.91 Å². The Balaban J connectivity index is 1.88. The number of aromatic nitrogens is 2. The molecule has 0 saturated heterocycles. The van der Waals surface area contributed by atoms with E-state index in [1.54, 1.807) is 12.1 Å². The van der Waals surface area contributed by atoms with E-state index in [4.69, 9.17) is 4.42 Å². The smallest absolute Gasteiger partial charge is 0.267 e. The quantitative estimate of drug-likeness (QED) is 0.789. The normalized spacial score (nSPS) is 12.0. The molecular weight excluding hydrogens is 332 g/mol. The molecule has 8 heteroatoms. The molecule has 1 amide bonds. The van der Waals surface area contributed by atoms with Crippen LogP contribution in [-0.4, -0.2) is 15.7 Å². The molecule has 0 aliphatic rings. The molecule has 3 rings (SSSR count). The molecule has 2 heterocycles. The zero-order valence-corrected chi connectivity index (χ0v) is 13.1. The summed E-state index contributed by atoms with van der Waals surface area (Å²) in [6, 6.07) is 7.68. The Kier molecular flexibility index (Phi) is 4.42. The molecule has 0 radical (unpaired) electrons. The highest BCUT2D eigenvalue weighted by Gasteiger charge is 2.20. The fourth-order valence-electron chi connectivity index (χ4n) is 2.20. The third kappa shape index (κ3) is 3.47. The van der Waals surface area contributed by atoms with E-state index >= 15 is 0 Å². The highest BCUT2D eigenvalue weighted by atomic mass is 19.1. The fraction of sp³-hybridized carbons (Fsp3) is 0.118. The van der Waals surface area contributed by atoms with Crippen LogP contribution in [0.1, 0.15) is 13.0 Å². The molecule has 3 aromatic rings. The average Bonchev–Trinajstić information content (AvgIpc) is 3.12. The van der Waals surface area contributed by atoms with Gasteiger partial charge in [-0.3, -0.25) is 9.59 Å². The number of anilines is 1. The maximum Gasteiger partial charge on any atom is 0.267 e. The SMILES string of the molecule is C[C@@H](C(=O)Nc1cc(F)ccc1F)n1nc(-c2ccco2)ccc1=O. The topological polar surface area (TPSA) is 77.1 Å². The Morgan fingerprint density at radius 3 is 2.76 bits per heavy atom. The summed E-state index contributed by atoms with van der Waals surface area (Å²) in [6.07, 6.45) is 1.45. The lowest BCUT2D eigenvalue weighted by atomic mass is 10.2. The number of hydrogen-bond acceptors (Lipinski definition) is 4. The van der Waals surface area contributed by atoms with Gasteiger partial charge in [-0.25, -0.2) is 13.5 Å². The summed E-state index contributed by atoms with van der Waals surface area (Å²) >= 11 is 0. The van der Waals surface area contributed by atoms with Crippen molar-refractivity contribution < 1.29 is 18.0 Å². The standard InChI is InChI=1S/C17H13F2N3O3/c1-10(17(24)20-14-9-11(18)4-5-12(14)19)22-16(23)7-6-13(21-22)15-3-2-8-25-15/h2-10H,1H3,(H,20,24)/t10-/m0/s1. The first kappa shape index (κ1) is 16.6. The number of amides is 1. The van der Waals surface area contributed by atoms with E-state index in [0.29, 0.717) is 11.5 Å². The minimum Gasteiger partial charge on any atom is -0.463 e. The van der Waals surface area contributed by atoms with E-state index in [9.17, 15) is 18.4 Å². The number of carbonyl (C=O) groups excluding carboxylic acids is 1. The number of benzene rings is 1. The molecule has 0 saturated carbocycles.